The molecule has 1 unspecified atom stereocenters. The Hall–Kier alpha value is -0.680. The van der Waals surface area contributed by atoms with E-state index in [1.807, 2.05) is 30.8 Å². The van der Waals surface area contributed by atoms with Crippen molar-refractivity contribution < 1.29 is 8.42 Å². The van der Waals surface area contributed by atoms with Gasteiger partial charge in [-0.05, 0) is 31.9 Å². The van der Waals surface area contributed by atoms with Gasteiger partial charge in [0.15, 0.2) is 9.84 Å². The standard InChI is InChI=1S/C16H25NO2S2/c1-3-21(18,19)12-13(2)17-15-10-6-7-11-16(15)20-14-8-4-5-9-14/h6-7,10-11,13-14,17H,3-5,8-9,12H2,1-2H3. The lowest BCUT2D eigenvalue weighted by Crippen LogP contribution is -2.27. The van der Waals surface area contributed by atoms with E-state index in [9.17, 15) is 8.42 Å². The van der Waals surface area contributed by atoms with Gasteiger partial charge >= 0.3 is 0 Å². The molecule has 1 saturated carbocycles. The van der Waals surface area contributed by atoms with E-state index in [0.717, 1.165) is 5.69 Å². The molecule has 2 rings (SSSR count). The molecule has 0 amide bonds. The molecule has 21 heavy (non-hydrogen) atoms. The summed E-state index contributed by atoms with van der Waals surface area (Å²) in [4.78, 5) is 1.24. The maximum Gasteiger partial charge on any atom is 0.152 e. The summed E-state index contributed by atoms with van der Waals surface area (Å²) in [6.07, 6.45) is 5.24. The van der Waals surface area contributed by atoms with E-state index >= 15 is 0 Å². The minimum atomic E-state index is -2.94. The molecule has 1 aliphatic carbocycles. The third-order valence-corrected chi connectivity index (χ3v) is 7.13. The van der Waals surface area contributed by atoms with Gasteiger partial charge in [0, 0.05) is 27.6 Å². The Morgan fingerprint density at radius 2 is 1.95 bits per heavy atom. The fourth-order valence-electron chi connectivity index (χ4n) is 2.68. The Labute approximate surface area is 132 Å². The highest BCUT2D eigenvalue weighted by Crippen LogP contribution is 2.38. The monoisotopic (exact) mass is 327 g/mol. The number of benzene rings is 1. The first-order valence-corrected chi connectivity index (χ1v) is 10.4. The van der Waals surface area contributed by atoms with Crippen LogP contribution in [0.2, 0.25) is 0 Å². The Balaban J connectivity index is 2.02. The number of nitrogens with one attached hydrogen (secondary N) is 1. The molecule has 1 aromatic rings. The Morgan fingerprint density at radius 3 is 2.62 bits per heavy atom. The van der Waals surface area contributed by atoms with Crippen LogP contribution < -0.4 is 5.32 Å². The molecule has 0 aliphatic heterocycles. The lowest BCUT2D eigenvalue weighted by Gasteiger charge is -2.19. The number of hydrogen-bond acceptors (Lipinski definition) is 4. The van der Waals surface area contributed by atoms with Crippen LogP contribution in [-0.2, 0) is 9.84 Å². The molecule has 0 heterocycles. The van der Waals surface area contributed by atoms with E-state index in [-0.39, 0.29) is 17.5 Å². The largest absolute Gasteiger partial charge is 0.381 e. The minimum absolute atomic E-state index is 0.0692. The van der Waals surface area contributed by atoms with E-state index < -0.39 is 9.84 Å². The number of anilines is 1. The summed E-state index contributed by atoms with van der Waals surface area (Å²) in [5, 5.41) is 4.09. The van der Waals surface area contributed by atoms with Crippen molar-refractivity contribution in [2.75, 3.05) is 16.8 Å². The molecular weight excluding hydrogens is 302 g/mol. The number of hydrogen-bond donors (Lipinski definition) is 1. The van der Waals surface area contributed by atoms with Crippen LogP contribution in [0.3, 0.4) is 0 Å². The molecule has 0 saturated heterocycles. The molecule has 118 valence electrons. The highest BCUT2D eigenvalue weighted by Gasteiger charge is 2.19. The summed E-state index contributed by atoms with van der Waals surface area (Å²) < 4.78 is 23.4. The van der Waals surface area contributed by atoms with Gasteiger partial charge in [-0.1, -0.05) is 31.9 Å². The fourth-order valence-corrected chi connectivity index (χ4v) is 5.10. The summed E-state index contributed by atoms with van der Waals surface area (Å²) in [6, 6.07) is 8.16. The minimum Gasteiger partial charge on any atom is -0.381 e. The van der Waals surface area contributed by atoms with Gasteiger partial charge in [-0.2, -0.15) is 0 Å². The maximum atomic E-state index is 11.7. The van der Waals surface area contributed by atoms with Crippen LogP contribution in [0.15, 0.2) is 29.2 Å². The fraction of sp³-hybridized carbons (Fsp3) is 0.625. The molecule has 1 N–H and O–H groups in total. The zero-order valence-electron chi connectivity index (χ0n) is 12.8. The van der Waals surface area contributed by atoms with Gasteiger partial charge in [-0.15, -0.1) is 11.8 Å². The van der Waals surface area contributed by atoms with E-state index in [1.165, 1.54) is 30.6 Å². The normalized spacial score (nSPS) is 17.8. The van der Waals surface area contributed by atoms with Crippen molar-refractivity contribution in [3.63, 3.8) is 0 Å². The SMILES string of the molecule is CCS(=O)(=O)CC(C)Nc1ccccc1SC1CCCC1. The zero-order valence-corrected chi connectivity index (χ0v) is 14.5. The molecule has 1 fully saturated rings. The number of thioether (sulfide) groups is 1. The molecule has 3 nitrogen and oxygen atoms in total. The highest BCUT2D eigenvalue weighted by atomic mass is 32.2. The van der Waals surface area contributed by atoms with E-state index in [0.29, 0.717) is 5.25 Å². The van der Waals surface area contributed by atoms with Gasteiger partial charge in [0.05, 0.1) is 5.75 Å². The van der Waals surface area contributed by atoms with Crippen LogP contribution in [0, 0.1) is 0 Å². The van der Waals surface area contributed by atoms with Gasteiger partial charge < -0.3 is 5.32 Å². The van der Waals surface area contributed by atoms with Crippen molar-refractivity contribution >= 4 is 27.3 Å². The lowest BCUT2D eigenvalue weighted by molar-refractivity contribution is 0.593. The smallest absolute Gasteiger partial charge is 0.152 e. The van der Waals surface area contributed by atoms with Gasteiger partial charge in [0.1, 0.15) is 0 Å². The Bertz CT molecular complexity index is 551. The van der Waals surface area contributed by atoms with E-state index in [1.54, 1.807) is 6.92 Å². The van der Waals surface area contributed by atoms with Crippen molar-refractivity contribution in [1.82, 2.24) is 0 Å². The average molecular weight is 328 g/mol. The number of rotatable bonds is 7. The maximum absolute atomic E-state index is 11.7. The second kappa shape index (κ2) is 7.54. The van der Waals surface area contributed by atoms with Crippen molar-refractivity contribution in [2.45, 2.75) is 55.7 Å². The summed E-state index contributed by atoms with van der Waals surface area (Å²) in [7, 11) is -2.94. The Morgan fingerprint density at radius 1 is 1.29 bits per heavy atom. The average Bonchev–Trinajstić information content (AvgIpc) is 2.93. The van der Waals surface area contributed by atoms with Crippen LogP contribution in [0.25, 0.3) is 0 Å². The molecule has 0 radical (unpaired) electrons. The van der Waals surface area contributed by atoms with Gasteiger partial charge in [-0.25, -0.2) is 8.42 Å². The molecule has 0 aromatic heterocycles. The van der Waals surface area contributed by atoms with Crippen LogP contribution in [0.5, 0.6) is 0 Å². The lowest BCUT2D eigenvalue weighted by atomic mass is 10.3. The van der Waals surface area contributed by atoms with Crippen LogP contribution in [0.4, 0.5) is 5.69 Å². The second-order valence-corrected chi connectivity index (χ2v) is 9.50. The Kier molecular flexibility index (Phi) is 5.99. The van der Waals surface area contributed by atoms with Gasteiger partial charge in [0.2, 0.25) is 0 Å². The number of para-hydroxylation sites is 1. The van der Waals surface area contributed by atoms with E-state index in [4.69, 9.17) is 0 Å². The molecule has 1 atom stereocenters. The van der Waals surface area contributed by atoms with Crippen molar-refractivity contribution in [3.8, 4) is 0 Å². The van der Waals surface area contributed by atoms with E-state index in [2.05, 4.69) is 17.4 Å². The first kappa shape index (κ1) is 16.7. The molecule has 1 aliphatic rings. The summed E-state index contributed by atoms with van der Waals surface area (Å²) in [5.41, 5.74) is 1.06. The zero-order chi connectivity index (χ0) is 15.3. The first-order chi connectivity index (χ1) is 10.00. The predicted octanol–water partition coefficient (Wildman–Crippen LogP) is 3.96. The number of sulfone groups is 1. The quantitative estimate of drug-likeness (QED) is 0.823. The van der Waals surface area contributed by atoms with Gasteiger partial charge in [-0.3, -0.25) is 0 Å². The van der Waals surface area contributed by atoms with Crippen LogP contribution in [0.1, 0.15) is 39.5 Å². The third kappa shape index (κ3) is 5.22. The summed E-state index contributed by atoms with van der Waals surface area (Å²) >= 11 is 1.93. The molecule has 1 aromatic carbocycles. The second-order valence-electron chi connectivity index (χ2n) is 5.76. The van der Waals surface area contributed by atoms with Crippen LogP contribution in [-0.4, -0.2) is 31.2 Å². The first-order valence-electron chi connectivity index (χ1n) is 7.73. The van der Waals surface area contributed by atoms with Crippen molar-refractivity contribution in [2.24, 2.45) is 0 Å². The van der Waals surface area contributed by atoms with Crippen molar-refractivity contribution in [1.29, 1.82) is 0 Å². The van der Waals surface area contributed by atoms with Crippen molar-refractivity contribution in [3.05, 3.63) is 24.3 Å². The molecular formula is C16H25NO2S2. The highest BCUT2D eigenvalue weighted by molar-refractivity contribution is 8.00. The molecule has 0 spiro atoms. The topological polar surface area (TPSA) is 46.2 Å². The summed E-state index contributed by atoms with van der Waals surface area (Å²) in [6.45, 7) is 3.64. The summed E-state index contributed by atoms with van der Waals surface area (Å²) in [5.74, 6) is 0.392. The van der Waals surface area contributed by atoms with Crippen LogP contribution >= 0.6 is 11.8 Å². The third-order valence-electron chi connectivity index (χ3n) is 3.83. The predicted molar refractivity (Wildman–Crippen MR) is 92.0 cm³/mol. The van der Waals surface area contributed by atoms with Gasteiger partial charge in [0.25, 0.3) is 0 Å². The molecule has 0 bridgehead atoms. The molecule has 5 heteroatoms.